The molecule has 1 aromatic carbocycles. The summed E-state index contributed by atoms with van der Waals surface area (Å²) in [5.74, 6) is -0.717. The van der Waals surface area contributed by atoms with Gasteiger partial charge in [0.1, 0.15) is 12.4 Å². The molecule has 0 unspecified atom stereocenters. The number of anilines is 1. The molecule has 150 valence electrons. The molecule has 0 radical (unpaired) electrons. The van der Waals surface area contributed by atoms with Crippen molar-refractivity contribution in [1.29, 1.82) is 0 Å². The van der Waals surface area contributed by atoms with Crippen molar-refractivity contribution in [2.75, 3.05) is 5.32 Å². The lowest BCUT2D eigenvalue weighted by Crippen LogP contribution is -2.19. The van der Waals surface area contributed by atoms with Gasteiger partial charge in [0.15, 0.2) is 5.69 Å². The monoisotopic (exact) mass is 425 g/mol. The summed E-state index contributed by atoms with van der Waals surface area (Å²) in [6, 6.07) is 9.62. The number of halogens is 5. The minimum absolute atomic E-state index is 0.0624. The molecule has 2 aromatic heterocycles. The smallest absolute Gasteiger partial charge is 0.435 e. The fourth-order valence-corrected chi connectivity index (χ4v) is 2.49. The molecule has 0 saturated carbocycles. The maximum absolute atomic E-state index is 13.4. The van der Waals surface area contributed by atoms with E-state index < -0.39 is 29.5 Å². The summed E-state index contributed by atoms with van der Waals surface area (Å²) < 4.78 is 58.4. The Morgan fingerprint density at radius 2 is 1.83 bits per heavy atom. The maximum Gasteiger partial charge on any atom is 0.435 e. The number of alkyl halides is 3. The van der Waals surface area contributed by atoms with E-state index in [-0.39, 0.29) is 17.9 Å². The van der Waals surface area contributed by atoms with Gasteiger partial charge in [-0.1, -0.05) is 23.7 Å². The van der Waals surface area contributed by atoms with Crippen LogP contribution in [0.25, 0.3) is 11.3 Å². The van der Waals surface area contributed by atoms with Crippen molar-refractivity contribution in [3.63, 3.8) is 0 Å². The summed E-state index contributed by atoms with van der Waals surface area (Å²) in [6.07, 6.45) is -3.86. The lowest BCUT2D eigenvalue weighted by Gasteiger charge is -2.14. The van der Waals surface area contributed by atoms with E-state index in [1.807, 2.05) is 5.32 Å². The number of hydrogen-bond donors (Lipinski definition) is 1. The highest BCUT2D eigenvalue weighted by atomic mass is 35.5. The minimum Gasteiger partial charge on any atom is -0.444 e. The molecule has 0 aliphatic rings. The Hall–Kier alpha value is -3.20. The number of amides is 1. The number of aromatic nitrogens is 2. The quantitative estimate of drug-likeness (QED) is 0.544. The zero-order chi connectivity index (χ0) is 21.0. The molecule has 0 aliphatic carbocycles. The lowest BCUT2D eigenvalue weighted by molar-refractivity contribution is -0.140. The molecule has 0 bridgehead atoms. The van der Waals surface area contributed by atoms with E-state index >= 15 is 0 Å². The van der Waals surface area contributed by atoms with Crippen LogP contribution >= 0.6 is 11.6 Å². The molecule has 0 aliphatic heterocycles. The summed E-state index contributed by atoms with van der Waals surface area (Å²) >= 11 is 5.75. The van der Waals surface area contributed by atoms with Crippen molar-refractivity contribution < 1.29 is 27.1 Å². The van der Waals surface area contributed by atoms with Crippen molar-refractivity contribution in [2.45, 2.75) is 12.8 Å². The number of carbonyl (C=O) groups excluding carboxylic acids is 1. The van der Waals surface area contributed by atoms with Crippen molar-refractivity contribution in [3.8, 4) is 11.3 Å². The zero-order valence-electron chi connectivity index (χ0n) is 14.5. The number of hydrogen-bond acceptors (Lipinski definition) is 4. The van der Waals surface area contributed by atoms with Gasteiger partial charge < -0.3 is 4.74 Å². The summed E-state index contributed by atoms with van der Waals surface area (Å²) in [6.45, 7) is -0.162. The van der Waals surface area contributed by atoms with Crippen LogP contribution in [-0.4, -0.2) is 16.1 Å². The third kappa shape index (κ3) is 5.41. The SMILES string of the molecule is O=C(Nc1ccc(-c2cncc(F)c2)nc1C(F)(F)F)OCc1ccc(Cl)cc1. The second-order valence-corrected chi connectivity index (χ2v) is 6.25. The van der Waals surface area contributed by atoms with E-state index in [4.69, 9.17) is 16.3 Å². The van der Waals surface area contributed by atoms with Crippen LogP contribution in [0.2, 0.25) is 5.02 Å². The van der Waals surface area contributed by atoms with Crippen LogP contribution in [0.3, 0.4) is 0 Å². The number of carbonyl (C=O) groups is 1. The van der Waals surface area contributed by atoms with E-state index in [0.29, 0.717) is 10.6 Å². The van der Waals surface area contributed by atoms with Crippen molar-refractivity contribution in [3.05, 3.63) is 77.0 Å². The van der Waals surface area contributed by atoms with Crippen LogP contribution in [-0.2, 0) is 17.5 Å². The largest absolute Gasteiger partial charge is 0.444 e. The van der Waals surface area contributed by atoms with Crippen LogP contribution in [0.1, 0.15) is 11.3 Å². The van der Waals surface area contributed by atoms with Crippen molar-refractivity contribution in [2.24, 2.45) is 0 Å². The molecule has 29 heavy (non-hydrogen) atoms. The van der Waals surface area contributed by atoms with Crippen molar-refractivity contribution >= 4 is 23.4 Å². The second-order valence-electron chi connectivity index (χ2n) is 5.81. The molecule has 5 nitrogen and oxygen atoms in total. The van der Waals surface area contributed by atoms with Gasteiger partial charge in [-0.2, -0.15) is 13.2 Å². The average molecular weight is 426 g/mol. The van der Waals surface area contributed by atoms with Crippen molar-refractivity contribution in [1.82, 2.24) is 9.97 Å². The third-order valence-electron chi connectivity index (χ3n) is 3.68. The first-order chi connectivity index (χ1) is 13.7. The summed E-state index contributed by atoms with van der Waals surface area (Å²) in [4.78, 5) is 19.0. The van der Waals surface area contributed by atoms with Gasteiger partial charge in [-0.3, -0.25) is 10.3 Å². The Labute approximate surface area is 167 Å². The second kappa shape index (κ2) is 8.44. The van der Waals surface area contributed by atoms with E-state index in [1.54, 1.807) is 24.3 Å². The molecule has 1 N–H and O–H groups in total. The molecule has 10 heteroatoms. The Morgan fingerprint density at radius 3 is 2.48 bits per heavy atom. The molecule has 3 rings (SSSR count). The van der Waals surface area contributed by atoms with Crippen LogP contribution < -0.4 is 5.32 Å². The number of nitrogens with one attached hydrogen (secondary N) is 1. The third-order valence-corrected chi connectivity index (χ3v) is 3.94. The van der Waals surface area contributed by atoms with Gasteiger partial charge in [0.05, 0.1) is 17.6 Å². The molecule has 2 heterocycles. The van der Waals surface area contributed by atoms with E-state index in [1.165, 1.54) is 12.3 Å². The van der Waals surface area contributed by atoms with E-state index in [0.717, 1.165) is 18.3 Å². The Morgan fingerprint density at radius 1 is 1.10 bits per heavy atom. The predicted molar refractivity (Wildman–Crippen MR) is 97.7 cm³/mol. The first-order valence-corrected chi connectivity index (χ1v) is 8.47. The van der Waals surface area contributed by atoms with Gasteiger partial charge in [-0.15, -0.1) is 0 Å². The topological polar surface area (TPSA) is 64.1 Å². The zero-order valence-corrected chi connectivity index (χ0v) is 15.3. The summed E-state index contributed by atoms with van der Waals surface area (Å²) in [5, 5.41) is 2.52. The fourth-order valence-electron chi connectivity index (χ4n) is 2.36. The molecule has 0 spiro atoms. The molecular formula is C19H12ClF4N3O2. The van der Waals surface area contributed by atoms with Gasteiger partial charge in [-0.05, 0) is 35.9 Å². The molecular weight excluding hydrogens is 414 g/mol. The molecule has 0 fully saturated rings. The van der Waals surface area contributed by atoms with Gasteiger partial charge >= 0.3 is 12.3 Å². The van der Waals surface area contributed by atoms with E-state index in [9.17, 15) is 22.4 Å². The number of benzene rings is 1. The number of pyridine rings is 2. The van der Waals surface area contributed by atoms with Gasteiger partial charge in [0, 0.05) is 16.8 Å². The standard InChI is InChI=1S/C19H12ClF4N3O2/c20-13-3-1-11(2-4-13)10-29-18(28)27-16-6-5-15(26-17(16)19(22,23)24)12-7-14(21)9-25-8-12/h1-9H,10H2,(H,27,28). The highest BCUT2D eigenvalue weighted by Crippen LogP contribution is 2.35. The summed E-state index contributed by atoms with van der Waals surface area (Å²) in [7, 11) is 0. The van der Waals surface area contributed by atoms with Gasteiger partial charge in [0.2, 0.25) is 0 Å². The Bertz CT molecular complexity index is 1030. The van der Waals surface area contributed by atoms with Crippen LogP contribution in [0.15, 0.2) is 54.9 Å². The Balaban J connectivity index is 1.79. The maximum atomic E-state index is 13.4. The van der Waals surface area contributed by atoms with Crippen LogP contribution in [0, 0.1) is 5.82 Å². The highest BCUT2D eigenvalue weighted by molar-refractivity contribution is 6.30. The lowest BCUT2D eigenvalue weighted by atomic mass is 10.1. The first-order valence-electron chi connectivity index (χ1n) is 8.10. The van der Waals surface area contributed by atoms with Gasteiger partial charge in [0.25, 0.3) is 0 Å². The van der Waals surface area contributed by atoms with Gasteiger partial charge in [-0.25, -0.2) is 14.2 Å². The molecule has 1 amide bonds. The molecule has 0 saturated heterocycles. The predicted octanol–water partition coefficient (Wildman–Crippen LogP) is 5.70. The fraction of sp³-hybridized carbons (Fsp3) is 0.105. The van der Waals surface area contributed by atoms with Crippen LogP contribution in [0.5, 0.6) is 0 Å². The normalized spacial score (nSPS) is 11.2. The molecule has 3 aromatic rings. The number of ether oxygens (including phenoxy) is 1. The number of nitrogens with zero attached hydrogens (tertiary/aromatic N) is 2. The highest BCUT2D eigenvalue weighted by Gasteiger charge is 2.36. The minimum atomic E-state index is -4.87. The summed E-state index contributed by atoms with van der Waals surface area (Å²) in [5.41, 5.74) is -1.42. The first kappa shape index (κ1) is 20.5. The molecule has 0 atom stereocenters. The number of rotatable bonds is 4. The van der Waals surface area contributed by atoms with E-state index in [2.05, 4.69) is 9.97 Å². The Kier molecular flexibility index (Phi) is 5.97. The average Bonchev–Trinajstić information content (AvgIpc) is 2.67. The van der Waals surface area contributed by atoms with Crippen LogP contribution in [0.4, 0.5) is 28.0 Å².